The number of rotatable bonds is 0. The molecule has 0 fully saturated rings. The Bertz CT molecular complexity index is 460. The quantitative estimate of drug-likeness (QED) is 0.551. The molecule has 1 aliphatic carbocycles. The van der Waals surface area contributed by atoms with E-state index in [4.69, 9.17) is 0 Å². The molecule has 0 saturated heterocycles. The third-order valence-electron chi connectivity index (χ3n) is 1.51. The zero-order valence-corrected chi connectivity index (χ0v) is 8.01. The smallest absolute Gasteiger partial charge is 0.159 e. The van der Waals surface area contributed by atoms with Crippen molar-refractivity contribution in [3.63, 3.8) is 0 Å². The van der Waals surface area contributed by atoms with Gasteiger partial charge in [-0.1, -0.05) is 0 Å². The zero-order valence-electron chi connectivity index (χ0n) is 6.38. The SMILES string of the molecule is O=[N+]=C1C=CC(=C2N=S=S=N2)C=C1. The lowest BCUT2D eigenvalue weighted by Gasteiger charge is -1.95. The summed E-state index contributed by atoms with van der Waals surface area (Å²) in [4.78, 5) is 12.9. The topological polar surface area (TPSA) is 55.9 Å². The van der Waals surface area contributed by atoms with Crippen molar-refractivity contribution in [3.8, 4) is 0 Å². The highest BCUT2D eigenvalue weighted by Crippen LogP contribution is 2.15. The average Bonchev–Trinajstić information content (AvgIpc) is 2.71. The van der Waals surface area contributed by atoms with Gasteiger partial charge in [0.1, 0.15) is 0 Å². The van der Waals surface area contributed by atoms with E-state index in [2.05, 4.69) is 13.6 Å². The minimum absolute atomic E-state index is 0.419. The Labute approximate surface area is 80.5 Å². The highest BCUT2D eigenvalue weighted by Gasteiger charge is 2.10. The second kappa shape index (κ2) is 3.57. The van der Waals surface area contributed by atoms with Crippen LogP contribution in [0.15, 0.2) is 44.4 Å². The maximum atomic E-state index is 10.1. The van der Waals surface area contributed by atoms with Gasteiger partial charge in [-0.3, -0.25) is 0 Å². The molecule has 1 aliphatic heterocycles. The molecule has 1 heterocycles. The summed E-state index contributed by atoms with van der Waals surface area (Å²) in [6, 6.07) is 0. The summed E-state index contributed by atoms with van der Waals surface area (Å²) < 4.78 is 8.16. The van der Waals surface area contributed by atoms with Gasteiger partial charge in [-0.2, -0.15) is 8.73 Å². The Kier molecular flexibility index (Phi) is 2.27. The minimum Gasteiger partial charge on any atom is -0.159 e. The molecule has 64 valence electrons. The average molecular weight is 210 g/mol. The van der Waals surface area contributed by atoms with Crippen molar-refractivity contribution in [2.75, 3.05) is 0 Å². The van der Waals surface area contributed by atoms with Crippen LogP contribution in [0.1, 0.15) is 0 Å². The van der Waals surface area contributed by atoms with Crippen LogP contribution in [0.2, 0.25) is 0 Å². The van der Waals surface area contributed by atoms with E-state index < -0.39 is 0 Å². The molecule has 4 nitrogen and oxygen atoms in total. The first-order valence-corrected chi connectivity index (χ1v) is 5.52. The number of allylic oxidation sites excluding steroid dienone is 5. The van der Waals surface area contributed by atoms with Crippen LogP contribution in [0.3, 0.4) is 0 Å². The van der Waals surface area contributed by atoms with E-state index in [0.29, 0.717) is 11.5 Å². The lowest BCUT2D eigenvalue weighted by Crippen LogP contribution is -1.96. The predicted octanol–water partition coefficient (Wildman–Crippen LogP) is 1.06. The van der Waals surface area contributed by atoms with Gasteiger partial charge in [-0.15, -0.1) is 0 Å². The first-order chi connectivity index (χ1) is 6.40. The standard InChI is InChI=1S/C7H4N3OS2/c11-8-6-3-1-5(2-4-6)7-9-12-13-10-7/h1-4H/q+1. The van der Waals surface area contributed by atoms with E-state index in [1.807, 2.05) is 0 Å². The molecular formula is C7H4N3OS2+. The molecule has 0 aromatic heterocycles. The van der Waals surface area contributed by atoms with Crippen LogP contribution < -0.4 is 4.85 Å². The van der Waals surface area contributed by atoms with Crippen LogP contribution in [0.25, 0.3) is 0 Å². The maximum absolute atomic E-state index is 10.1. The summed E-state index contributed by atoms with van der Waals surface area (Å²) in [5.74, 6) is 0.701. The molecule has 0 aromatic carbocycles. The summed E-state index contributed by atoms with van der Waals surface area (Å²) in [5, 5.41) is 0. The van der Waals surface area contributed by atoms with Gasteiger partial charge < -0.3 is 0 Å². The molecule has 0 unspecified atom stereocenters. The van der Waals surface area contributed by atoms with Crippen molar-refractivity contribution >= 4 is 25.9 Å². The van der Waals surface area contributed by atoms with Crippen molar-refractivity contribution in [3.05, 3.63) is 40.6 Å². The highest BCUT2D eigenvalue weighted by atomic mass is 32.8. The molecule has 0 radical (unpaired) electrons. The molecule has 0 saturated carbocycles. The number of nitroso groups, excluding NO2 is 1. The van der Waals surface area contributed by atoms with E-state index in [0.717, 1.165) is 5.57 Å². The molecule has 0 bridgehead atoms. The monoisotopic (exact) mass is 210 g/mol. The van der Waals surface area contributed by atoms with Crippen LogP contribution in [-0.2, 0) is 20.2 Å². The first-order valence-electron chi connectivity index (χ1n) is 3.46. The number of nitrogens with zero attached hydrogens (tertiary/aromatic N) is 3. The van der Waals surface area contributed by atoms with Crippen LogP contribution in [0, 0.1) is 4.91 Å². The number of hydrogen-bond donors (Lipinski definition) is 0. The number of hydrogen-bond acceptors (Lipinski definition) is 3. The predicted molar refractivity (Wildman–Crippen MR) is 55.4 cm³/mol. The van der Waals surface area contributed by atoms with E-state index in [1.165, 1.54) is 20.2 Å². The molecule has 2 rings (SSSR count). The molecular weight excluding hydrogens is 206 g/mol. The Morgan fingerprint density at radius 2 is 1.69 bits per heavy atom. The van der Waals surface area contributed by atoms with Gasteiger partial charge >= 0.3 is 5.71 Å². The van der Waals surface area contributed by atoms with Crippen LogP contribution in [0.5, 0.6) is 0 Å². The lowest BCUT2D eigenvalue weighted by atomic mass is 10.1. The van der Waals surface area contributed by atoms with E-state index in [1.54, 1.807) is 24.3 Å². The summed E-state index contributed by atoms with van der Waals surface area (Å²) >= 11 is 0. The van der Waals surface area contributed by atoms with Crippen LogP contribution >= 0.6 is 0 Å². The molecule has 13 heavy (non-hydrogen) atoms. The molecule has 0 spiro atoms. The van der Waals surface area contributed by atoms with Gasteiger partial charge in [0.2, 0.25) is 4.85 Å². The third kappa shape index (κ3) is 1.70. The van der Waals surface area contributed by atoms with Crippen molar-refractivity contribution in [2.45, 2.75) is 0 Å². The van der Waals surface area contributed by atoms with Gasteiger partial charge in [-0.05, 0) is 12.2 Å². The first kappa shape index (κ1) is 8.25. The zero-order chi connectivity index (χ0) is 9.10. The van der Waals surface area contributed by atoms with Crippen molar-refractivity contribution < 1.29 is 0 Å². The Hall–Kier alpha value is -1.36. The van der Waals surface area contributed by atoms with E-state index in [9.17, 15) is 4.91 Å². The van der Waals surface area contributed by atoms with Gasteiger partial charge in [0.15, 0.2) is 10.7 Å². The van der Waals surface area contributed by atoms with Gasteiger partial charge in [0.25, 0.3) is 0 Å². The van der Waals surface area contributed by atoms with E-state index in [-0.39, 0.29) is 0 Å². The fourth-order valence-electron chi connectivity index (χ4n) is 0.897. The Morgan fingerprint density at radius 1 is 1.08 bits per heavy atom. The normalized spacial score (nSPS) is 18.6. The summed E-state index contributed by atoms with van der Waals surface area (Å²) in [6.45, 7) is 0. The van der Waals surface area contributed by atoms with Crippen LogP contribution in [0.4, 0.5) is 0 Å². The fourth-order valence-corrected chi connectivity index (χ4v) is 2.07. The largest absolute Gasteiger partial charge is 0.396 e. The van der Waals surface area contributed by atoms with Crippen molar-refractivity contribution in [1.29, 1.82) is 0 Å². The molecule has 0 atom stereocenters. The second-order valence-electron chi connectivity index (χ2n) is 2.29. The Balaban J connectivity index is 2.39. The second-order valence-corrected chi connectivity index (χ2v) is 3.85. The summed E-state index contributed by atoms with van der Waals surface area (Å²) in [5.41, 5.74) is 1.33. The van der Waals surface area contributed by atoms with Gasteiger partial charge in [0.05, 0.1) is 0 Å². The Morgan fingerprint density at radius 3 is 2.23 bits per heavy atom. The lowest BCUT2D eigenvalue weighted by molar-refractivity contribution is 1.27. The fraction of sp³-hybridized carbons (Fsp3) is 0. The summed E-state index contributed by atoms with van der Waals surface area (Å²) in [7, 11) is 2.68. The van der Waals surface area contributed by atoms with Crippen LogP contribution in [-0.4, -0.2) is 5.71 Å². The highest BCUT2D eigenvalue weighted by molar-refractivity contribution is 8.17. The third-order valence-corrected chi connectivity index (χ3v) is 2.72. The van der Waals surface area contributed by atoms with E-state index >= 15 is 0 Å². The minimum atomic E-state index is 0.419. The van der Waals surface area contributed by atoms with Gasteiger partial charge in [-0.25, -0.2) is 0 Å². The van der Waals surface area contributed by atoms with Crippen molar-refractivity contribution in [1.82, 2.24) is 4.85 Å². The molecule has 6 heteroatoms. The summed E-state index contributed by atoms with van der Waals surface area (Å²) in [6.07, 6.45) is 6.86. The molecule has 0 aromatic rings. The maximum Gasteiger partial charge on any atom is 0.396 e. The molecule has 0 N–H and O–H groups in total. The molecule has 0 amide bonds. The van der Waals surface area contributed by atoms with Crippen molar-refractivity contribution in [2.24, 2.45) is 8.73 Å². The van der Waals surface area contributed by atoms with Gasteiger partial charge in [0, 0.05) is 38.0 Å². The molecule has 2 aliphatic rings.